The van der Waals surface area contributed by atoms with Crippen LogP contribution in [0.3, 0.4) is 0 Å². The summed E-state index contributed by atoms with van der Waals surface area (Å²) in [7, 11) is 7.89. The number of ether oxygens (including phenoxy) is 1. The number of amides is 3. The number of nitrogens with one attached hydrogen (secondary N) is 3. The van der Waals surface area contributed by atoms with E-state index in [1.165, 1.54) is 40.6 Å². The van der Waals surface area contributed by atoms with Crippen molar-refractivity contribution < 1.29 is 23.9 Å². The minimum absolute atomic E-state index is 0.0428. The molecule has 0 saturated heterocycles. The molecule has 4 aromatic rings. The number of carbonyl (C=O) groups excluding carboxylic acids is 4. The van der Waals surface area contributed by atoms with Crippen LogP contribution in [0, 0.1) is 0 Å². The fourth-order valence-corrected chi connectivity index (χ4v) is 3.91. The van der Waals surface area contributed by atoms with Crippen molar-refractivity contribution in [2.45, 2.75) is 0 Å². The smallest absolute Gasteiger partial charge is 0.354 e. The molecule has 4 rings (SSSR count). The van der Waals surface area contributed by atoms with Crippen LogP contribution in [0.25, 0.3) is 0 Å². The zero-order valence-electron chi connectivity index (χ0n) is 21.4. The molecule has 3 amide bonds. The Bertz CT molecular complexity index is 1570. The molecular weight excluding hydrogens is 494 g/mol. The Kier molecular flexibility index (Phi) is 6.79. The summed E-state index contributed by atoms with van der Waals surface area (Å²) in [6, 6.07) is 4.53. The van der Waals surface area contributed by atoms with Crippen molar-refractivity contribution in [1.29, 1.82) is 0 Å². The van der Waals surface area contributed by atoms with Gasteiger partial charge in [-0.2, -0.15) is 0 Å². The van der Waals surface area contributed by atoms with E-state index in [1.807, 2.05) is 0 Å². The van der Waals surface area contributed by atoms with Crippen molar-refractivity contribution in [3.63, 3.8) is 0 Å². The molecule has 0 radical (unpaired) electrons. The van der Waals surface area contributed by atoms with Gasteiger partial charge in [0.2, 0.25) is 5.82 Å². The molecule has 0 unspecified atom stereocenters. The standard InChI is InChI=1S/C24H27N9O5/c1-30-9-13(25)6-16(30)22(35)29-19-12-33(4)20(28-19)23(36)27-14-7-17(31(2)10-14)21(34)26-15-8-18(24(37)38-5)32(3)11-15/h6-12H,25H2,1-5H3,(H,26,34)(H,27,36)(H,29,35). The molecule has 14 heteroatoms. The number of nitrogens with two attached hydrogens (primary N) is 1. The first kappa shape index (κ1) is 25.8. The van der Waals surface area contributed by atoms with Crippen LogP contribution in [0.2, 0.25) is 0 Å². The van der Waals surface area contributed by atoms with E-state index in [0.717, 1.165) is 0 Å². The molecule has 4 aromatic heterocycles. The number of carbonyl (C=O) groups is 4. The summed E-state index contributed by atoms with van der Waals surface area (Å²) in [6.45, 7) is 0. The van der Waals surface area contributed by atoms with Gasteiger partial charge in [0.1, 0.15) is 17.1 Å². The number of methoxy groups -OCH3 is 1. The van der Waals surface area contributed by atoms with Crippen molar-refractivity contribution in [3.05, 3.63) is 65.9 Å². The van der Waals surface area contributed by atoms with Crippen molar-refractivity contribution in [2.75, 3.05) is 28.8 Å². The molecule has 5 N–H and O–H groups in total. The topological polar surface area (TPSA) is 172 Å². The molecule has 0 spiro atoms. The summed E-state index contributed by atoms with van der Waals surface area (Å²) in [5, 5.41) is 8.07. The first-order chi connectivity index (χ1) is 18.0. The zero-order valence-corrected chi connectivity index (χ0v) is 21.4. The lowest BCUT2D eigenvalue weighted by Crippen LogP contribution is -2.17. The number of hydrogen-bond donors (Lipinski definition) is 4. The average molecular weight is 522 g/mol. The number of nitrogens with zero attached hydrogens (tertiary/aromatic N) is 5. The van der Waals surface area contributed by atoms with Crippen LogP contribution in [-0.4, -0.2) is 54.1 Å². The highest BCUT2D eigenvalue weighted by molar-refractivity contribution is 6.07. The number of esters is 1. The van der Waals surface area contributed by atoms with E-state index < -0.39 is 23.7 Å². The monoisotopic (exact) mass is 521 g/mol. The van der Waals surface area contributed by atoms with E-state index in [-0.39, 0.29) is 23.0 Å². The number of imidazole rings is 1. The molecule has 0 aliphatic heterocycles. The summed E-state index contributed by atoms with van der Waals surface area (Å²) >= 11 is 0. The van der Waals surface area contributed by atoms with E-state index in [1.54, 1.807) is 55.9 Å². The minimum atomic E-state index is -0.542. The summed E-state index contributed by atoms with van der Waals surface area (Å²) < 4.78 is 10.9. The SMILES string of the molecule is COC(=O)c1cc(NC(=O)c2cc(NC(=O)c3nc(NC(=O)c4cc(N)cn4C)cn3C)cn2C)cn1C. The summed E-state index contributed by atoms with van der Waals surface area (Å²) in [4.78, 5) is 54.3. The van der Waals surface area contributed by atoms with Crippen LogP contribution < -0.4 is 21.7 Å². The Hall–Kier alpha value is -5.27. The number of nitrogen functional groups attached to an aromatic ring is 1. The van der Waals surface area contributed by atoms with Crippen molar-refractivity contribution >= 4 is 46.6 Å². The van der Waals surface area contributed by atoms with Gasteiger partial charge in [-0.25, -0.2) is 9.78 Å². The van der Waals surface area contributed by atoms with Gasteiger partial charge in [-0.1, -0.05) is 0 Å². The molecule has 198 valence electrons. The normalized spacial score (nSPS) is 10.8. The molecular formula is C24H27N9O5. The number of hydrogen-bond acceptors (Lipinski definition) is 7. The predicted molar refractivity (Wildman–Crippen MR) is 139 cm³/mol. The number of anilines is 4. The lowest BCUT2D eigenvalue weighted by Gasteiger charge is -2.03. The van der Waals surface area contributed by atoms with Crippen LogP contribution in [0.5, 0.6) is 0 Å². The lowest BCUT2D eigenvalue weighted by atomic mass is 10.3. The van der Waals surface area contributed by atoms with Crippen LogP contribution in [-0.2, 0) is 32.9 Å². The van der Waals surface area contributed by atoms with Crippen molar-refractivity contribution in [2.24, 2.45) is 28.2 Å². The number of aromatic nitrogens is 5. The van der Waals surface area contributed by atoms with Crippen molar-refractivity contribution in [3.8, 4) is 0 Å². The average Bonchev–Trinajstić information content (AvgIpc) is 3.59. The Balaban J connectivity index is 1.44. The second kappa shape index (κ2) is 10.0. The van der Waals surface area contributed by atoms with Gasteiger partial charge in [-0.05, 0) is 18.2 Å². The largest absolute Gasteiger partial charge is 0.464 e. The van der Waals surface area contributed by atoms with Gasteiger partial charge in [0.15, 0.2) is 5.82 Å². The van der Waals surface area contributed by atoms with Crippen LogP contribution in [0.1, 0.15) is 42.1 Å². The number of rotatable bonds is 7. The van der Waals surface area contributed by atoms with E-state index in [0.29, 0.717) is 22.8 Å². The summed E-state index contributed by atoms with van der Waals surface area (Å²) in [6.07, 6.45) is 6.27. The molecule has 0 fully saturated rings. The second-order valence-electron chi connectivity index (χ2n) is 8.63. The maximum Gasteiger partial charge on any atom is 0.354 e. The zero-order chi connectivity index (χ0) is 27.7. The van der Waals surface area contributed by atoms with Gasteiger partial charge >= 0.3 is 5.97 Å². The van der Waals surface area contributed by atoms with Crippen LogP contribution >= 0.6 is 0 Å². The first-order valence-corrected chi connectivity index (χ1v) is 11.3. The van der Waals surface area contributed by atoms with Gasteiger partial charge in [-0.15, -0.1) is 0 Å². The number of aryl methyl sites for hydroxylation is 4. The highest BCUT2D eigenvalue weighted by Crippen LogP contribution is 2.19. The Morgan fingerprint density at radius 2 is 1.24 bits per heavy atom. The third-order valence-electron chi connectivity index (χ3n) is 5.73. The minimum Gasteiger partial charge on any atom is -0.464 e. The molecule has 14 nitrogen and oxygen atoms in total. The molecule has 0 bridgehead atoms. The first-order valence-electron chi connectivity index (χ1n) is 11.3. The van der Waals surface area contributed by atoms with E-state index in [4.69, 9.17) is 10.5 Å². The summed E-state index contributed by atoms with van der Waals surface area (Å²) in [5.41, 5.74) is 7.82. The van der Waals surface area contributed by atoms with Gasteiger partial charge in [-0.3, -0.25) is 14.4 Å². The maximum absolute atomic E-state index is 12.9. The third-order valence-corrected chi connectivity index (χ3v) is 5.73. The molecule has 0 aromatic carbocycles. The van der Waals surface area contributed by atoms with Crippen LogP contribution in [0.4, 0.5) is 22.9 Å². The van der Waals surface area contributed by atoms with E-state index >= 15 is 0 Å². The molecule has 0 aliphatic rings. The Labute approximate surface area is 217 Å². The highest BCUT2D eigenvalue weighted by atomic mass is 16.5. The predicted octanol–water partition coefficient (Wildman–Crippen LogP) is 1.56. The molecule has 0 saturated carbocycles. The van der Waals surface area contributed by atoms with Crippen LogP contribution in [0.15, 0.2) is 43.0 Å². The molecule has 0 atom stereocenters. The van der Waals surface area contributed by atoms with Crippen molar-refractivity contribution in [1.82, 2.24) is 23.3 Å². The highest BCUT2D eigenvalue weighted by Gasteiger charge is 2.20. The van der Waals surface area contributed by atoms with Gasteiger partial charge < -0.3 is 44.7 Å². The van der Waals surface area contributed by atoms with E-state index in [2.05, 4.69) is 20.9 Å². The third kappa shape index (κ3) is 5.13. The maximum atomic E-state index is 12.9. The summed E-state index contributed by atoms with van der Waals surface area (Å²) in [5.74, 6) is -1.72. The lowest BCUT2D eigenvalue weighted by molar-refractivity contribution is 0.0589. The van der Waals surface area contributed by atoms with Gasteiger partial charge in [0.05, 0.1) is 24.2 Å². The Morgan fingerprint density at radius 1 is 0.711 bits per heavy atom. The molecule has 4 heterocycles. The quantitative estimate of drug-likeness (QED) is 0.267. The van der Waals surface area contributed by atoms with Gasteiger partial charge in [0.25, 0.3) is 17.7 Å². The fourth-order valence-electron chi connectivity index (χ4n) is 3.91. The molecule has 38 heavy (non-hydrogen) atoms. The van der Waals surface area contributed by atoms with E-state index in [9.17, 15) is 19.2 Å². The fraction of sp³-hybridized carbons (Fsp3) is 0.208. The molecule has 0 aliphatic carbocycles. The second-order valence-corrected chi connectivity index (χ2v) is 8.63. The Morgan fingerprint density at radius 3 is 1.84 bits per heavy atom. The van der Waals surface area contributed by atoms with Gasteiger partial charge in [0, 0.05) is 53.0 Å².